The maximum atomic E-state index is 13.6. The monoisotopic (exact) mass is 613 g/mol. The van der Waals surface area contributed by atoms with Crippen LogP contribution in [0.25, 0.3) is 22.5 Å². The molecule has 0 saturated heterocycles. The number of pyridine rings is 1. The highest BCUT2D eigenvalue weighted by Crippen LogP contribution is 2.36. The molecule has 0 spiro atoms. The SMILES string of the molecule is Fc1ccc(C#Cc2c(Cc3ccc(F)cc3)cc(-c3ccccc3Br)nc2-c2ccccc2Br)cc1. The van der Waals surface area contributed by atoms with E-state index < -0.39 is 0 Å². The predicted molar refractivity (Wildman–Crippen MR) is 152 cm³/mol. The Hall–Kier alpha value is -3.59. The van der Waals surface area contributed by atoms with Gasteiger partial charge in [-0.25, -0.2) is 13.8 Å². The van der Waals surface area contributed by atoms with Crippen LogP contribution in [0.4, 0.5) is 8.78 Å². The standard InChI is InChI=1S/C32H19Br2F2N/c33-29-7-3-1-5-27(29)31-20-23(19-22-11-16-25(36)17-12-22)26(18-13-21-9-14-24(35)15-10-21)32(37-31)28-6-2-4-8-30(28)34/h1-12,14-17,20H,19H2. The second-order valence-electron chi connectivity index (χ2n) is 8.41. The Bertz CT molecular complexity index is 1630. The molecule has 1 nitrogen and oxygen atoms in total. The highest BCUT2D eigenvalue weighted by atomic mass is 79.9. The zero-order chi connectivity index (χ0) is 25.8. The lowest BCUT2D eigenvalue weighted by Gasteiger charge is -2.15. The molecule has 5 heteroatoms. The molecule has 1 heterocycles. The first-order valence-electron chi connectivity index (χ1n) is 11.5. The lowest BCUT2D eigenvalue weighted by Crippen LogP contribution is -2.02. The van der Waals surface area contributed by atoms with E-state index in [-0.39, 0.29) is 11.6 Å². The van der Waals surface area contributed by atoms with E-state index in [1.54, 1.807) is 24.3 Å². The summed E-state index contributed by atoms with van der Waals surface area (Å²) in [6.07, 6.45) is 0.533. The average Bonchev–Trinajstić information content (AvgIpc) is 2.90. The molecule has 180 valence electrons. The Balaban J connectivity index is 1.77. The van der Waals surface area contributed by atoms with Crippen molar-refractivity contribution in [3.05, 3.63) is 146 Å². The Labute approximate surface area is 231 Å². The van der Waals surface area contributed by atoms with Gasteiger partial charge >= 0.3 is 0 Å². The number of halogens is 4. The number of hydrogen-bond acceptors (Lipinski definition) is 1. The summed E-state index contributed by atoms with van der Waals surface area (Å²) in [4.78, 5) is 5.10. The number of nitrogens with zero attached hydrogens (tertiary/aromatic N) is 1. The molecule has 0 atom stereocenters. The van der Waals surface area contributed by atoms with E-state index >= 15 is 0 Å². The topological polar surface area (TPSA) is 12.9 Å². The van der Waals surface area contributed by atoms with Crippen molar-refractivity contribution in [2.45, 2.75) is 6.42 Å². The highest BCUT2D eigenvalue weighted by molar-refractivity contribution is 9.11. The van der Waals surface area contributed by atoms with Crippen molar-refractivity contribution < 1.29 is 8.78 Å². The molecule has 0 aliphatic rings. The molecule has 0 saturated carbocycles. The fourth-order valence-corrected chi connectivity index (χ4v) is 4.98. The summed E-state index contributed by atoms with van der Waals surface area (Å²) < 4.78 is 28.9. The van der Waals surface area contributed by atoms with E-state index in [4.69, 9.17) is 4.98 Å². The third kappa shape index (κ3) is 5.88. The van der Waals surface area contributed by atoms with E-state index in [9.17, 15) is 8.78 Å². The molecule has 0 fully saturated rings. The fraction of sp³-hybridized carbons (Fsp3) is 0.0312. The Morgan fingerprint density at radius 3 is 1.84 bits per heavy atom. The summed E-state index contributed by atoms with van der Waals surface area (Å²) in [6.45, 7) is 0. The molecule has 0 unspecified atom stereocenters. The molecule has 4 aromatic carbocycles. The van der Waals surface area contributed by atoms with Gasteiger partial charge in [-0.2, -0.15) is 0 Å². The quantitative estimate of drug-likeness (QED) is 0.184. The maximum Gasteiger partial charge on any atom is 0.123 e. The fourth-order valence-electron chi connectivity index (χ4n) is 4.02. The van der Waals surface area contributed by atoms with E-state index in [1.165, 1.54) is 24.3 Å². The number of benzene rings is 4. The maximum absolute atomic E-state index is 13.6. The molecule has 1 aromatic heterocycles. The van der Waals surface area contributed by atoms with Crippen molar-refractivity contribution in [1.82, 2.24) is 4.98 Å². The molecule has 0 radical (unpaired) electrons. The molecular weight excluding hydrogens is 596 g/mol. The Morgan fingerprint density at radius 1 is 0.649 bits per heavy atom. The first-order chi connectivity index (χ1) is 18.0. The minimum absolute atomic E-state index is 0.280. The van der Waals surface area contributed by atoms with E-state index in [1.807, 2.05) is 54.6 Å². The van der Waals surface area contributed by atoms with Crippen LogP contribution in [-0.2, 0) is 6.42 Å². The second kappa shape index (κ2) is 11.2. The second-order valence-corrected chi connectivity index (χ2v) is 10.1. The van der Waals surface area contributed by atoms with E-state index in [0.29, 0.717) is 12.0 Å². The Kier molecular flexibility index (Phi) is 7.60. The molecule has 0 bridgehead atoms. The van der Waals surface area contributed by atoms with Crippen molar-refractivity contribution in [3.63, 3.8) is 0 Å². The summed E-state index contributed by atoms with van der Waals surface area (Å²) in [5.74, 6) is 5.92. The Morgan fingerprint density at radius 2 is 1.22 bits per heavy atom. The van der Waals surface area contributed by atoms with Gasteiger partial charge in [0, 0.05) is 25.6 Å². The molecule has 0 aliphatic carbocycles. The molecule has 5 rings (SSSR count). The van der Waals surface area contributed by atoms with Crippen LogP contribution in [0.1, 0.15) is 22.3 Å². The third-order valence-electron chi connectivity index (χ3n) is 5.86. The first-order valence-corrected chi connectivity index (χ1v) is 13.1. The van der Waals surface area contributed by atoms with Crippen molar-refractivity contribution in [2.75, 3.05) is 0 Å². The van der Waals surface area contributed by atoms with Crippen LogP contribution in [0, 0.1) is 23.5 Å². The molecule has 5 aromatic rings. The summed E-state index contributed by atoms with van der Waals surface area (Å²) >= 11 is 7.35. The highest BCUT2D eigenvalue weighted by Gasteiger charge is 2.17. The number of aromatic nitrogens is 1. The summed E-state index contributed by atoms with van der Waals surface area (Å²) in [5, 5.41) is 0. The van der Waals surface area contributed by atoms with Gasteiger partial charge in [0.2, 0.25) is 0 Å². The molecular formula is C32H19Br2F2N. The first kappa shape index (κ1) is 25.1. The van der Waals surface area contributed by atoms with Crippen LogP contribution in [0.5, 0.6) is 0 Å². The zero-order valence-electron chi connectivity index (χ0n) is 19.5. The van der Waals surface area contributed by atoms with Gasteiger partial charge in [-0.3, -0.25) is 0 Å². The van der Waals surface area contributed by atoms with Crippen molar-refractivity contribution in [2.24, 2.45) is 0 Å². The third-order valence-corrected chi connectivity index (χ3v) is 7.25. The summed E-state index contributed by atoms with van der Waals surface area (Å²) in [5.41, 5.74) is 6.74. The smallest absolute Gasteiger partial charge is 0.123 e. The van der Waals surface area contributed by atoms with Gasteiger partial charge in [0.1, 0.15) is 11.6 Å². The largest absolute Gasteiger partial charge is 0.246 e. The van der Waals surface area contributed by atoms with Gasteiger partial charge in [-0.15, -0.1) is 0 Å². The minimum Gasteiger partial charge on any atom is -0.246 e. The predicted octanol–water partition coefficient (Wildman–Crippen LogP) is 9.21. The van der Waals surface area contributed by atoms with Gasteiger partial charge in [-0.05, 0) is 72.1 Å². The van der Waals surface area contributed by atoms with Gasteiger partial charge in [0.15, 0.2) is 0 Å². The van der Waals surface area contributed by atoms with Gasteiger partial charge in [0.25, 0.3) is 0 Å². The van der Waals surface area contributed by atoms with Gasteiger partial charge in [-0.1, -0.05) is 92.2 Å². The molecule has 0 N–H and O–H groups in total. The normalized spacial score (nSPS) is 10.6. The molecule has 0 aliphatic heterocycles. The summed E-state index contributed by atoms with van der Waals surface area (Å²) in [6, 6.07) is 30.5. The zero-order valence-corrected chi connectivity index (χ0v) is 22.7. The number of hydrogen-bond donors (Lipinski definition) is 0. The minimum atomic E-state index is -0.309. The van der Waals surface area contributed by atoms with Crippen molar-refractivity contribution in [3.8, 4) is 34.4 Å². The van der Waals surface area contributed by atoms with Gasteiger partial charge in [0.05, 0.1) is 17.0 Å². The van der Waals surface area contributed by atoms with Crippen molar-refractivity contribution >= 4 is 31.9 Å². The van der Waals surface area contributed by atoms with Crippen LogP contribution in [0.2, 0.25) is 0 Å². The van der Waals surface area contributed by atoms with Crippen LogP contribution < -0.4 is 0 Å². The van der Waals surface area contributed by atoms with Crippen LogP contribution in [0.3, 0.4) is 0 Å². The number of rotatable bonds is 4. The molecule has 37 heavy (non-hydrogen) atoms. The lowest BCUT2D eigenvalue weighted by molar-refractivity contribution is 0.627. The average molecular weight is 615 g/mol. The lowest BCUT2D eigenvalue weighted by atomic mass is 9.94. The van der Waals surface area contributed by atoms with Gasteiger partial charge < -0.3 is 0 Å². The van der Waals surface area contributed by atoms with Crippen LogP contribution in [-0.4, -0.2) is 4.98 Å². The van der Waals surface area contributed by atoms with E-state index in [2.05, 4.69) is 43.7 Å². The van der Waals surface area contributed by atoms with Crippen LogP contribution >= 0.6 is 31.9 Å². The van der Waals surface area contributed by atoms with E-state index in [0.717, 1.165) is 48.2 Å². The van der Waals surface area contributed by atoms with Crippen molar-refractivity contribution in [1.29, 1.82) is 0 Å². The summed E-state index contributed by atoms with van der Waals surface area (Å²) in [7, 11) is 0. The van der Waals surface area contributed by atoms with Crippen LogP contribution in [0.15, 0.2) is 112 Å². The molecule has 0 amide bonds.